The van der Waals surface area contributed by atoms with Gasteiger partial charge in [-0.3, -0.25) is 18.7 Å². The van der Waals surface area contributed by atoms with E-state index in [0.717, 1.165) is 28.2 Å². The van der Waals surface area contributed by atoms with Gasteiger partial charge in [0.2, 0.25) is 5.78 Å². The van der Waals surface area contributed by atoms with Crippen molar-refractivity contribution >= 4 is 43.9 Å². The maximum atomic E-state index is 12.5. The Labute approximate surface area is 162 Å². The Morgan fingerprint density at radius 3 is 2.69 bits per heavy atom. The van der Waals surface area contributed by atoms with Crippen LogP contribution in [0.25, 0.3) is 16.7 Å². The molecule has 4 aromatic rings. The van der Waals surface area contributed by atoms with E-state index >= 15 is 0 Å². The maximum absolute atomic E-state index is 12.5. The molecule has 3 aromatic heterocycles. The van der Waals surface area contributed by atoms with Crippen LogP contribution in [0.5, 0.6) is 0 Å². The Bertz CT molecular complexity index is 1150. The van der Waals surface area contributed by atoms with Crippen molar-refractivity contribution in [1.29, 1.82) is 0 Å². The van der Waals surface area contributed by atoms with Gasteiger partial charge < -0.3 is 0 Å². The Morgan fingerprint density at radius 1 is 1.15 bits per heavy atom. The largest absolute Gasteiger partial charge is 0.291 e. The molecule has 0 saturated heterocycles. The van der Waals surface area contributed by atoms with Gasteiger partial charge in [0, 0.05) is 18.5 Å². The molecule has 0 spiro atoms. The van der Waals surface area contributed by atoms with Crippen LogP contribution in [-0.4, -0.2) is 30.6 Å². The van der Waals surface area contributed by atoms with E-state index in [2.05, 4.69) is 50.1 Å². The van der Waals surface area contributed by atoms with Gasteiger partial charge in [-0.1, -0.05) is 19.1 Å². The molecule has 0 aliphatic rings. The van der Waals surface area contributed by atoms with Gasteiger partial charge >= 0.3 is 0 Å². The number of para-hydroxylation sites is 1. The fourth-order valence-corrected chi connectivity index (χ4v) is 4.66. The second kappa shape index (κ2) is 6.94. The molecule has 0 N–H and O–H groups in total. The molecule has 0 fully saturated rings. The van der Waals surface area contributed by atoms with Gasteiger partial charge in [-0.2, -0.15) is 0 Å². The molecule has 0 aliphatic heterocycles. The standard InChI is InChI=1S/C18H18BrN5OS/c1-3-23(10-12-8-9-15(19)26-12)11-16-20-21-18-22(2)17(25)13-6-4-5-7-14(13)24(16)18/h4-9H,3,10-11H2,1-2H3. The first kappa shape index (κ1) is 17.4. The molecule has 4 rings (SSSR count). The Morgan fingerprint density at radius 2 is 1.96 bits per heavy atom. The van der Waals surface area contributed by atoms with Crippen LogP contribution in [0, 0.1) is 0 Å². The second-order valence-corrected chi connectivity index (χ2v) is 8.69. The van der Waals surface area contributed by atoms with Crippen LogP contribution in [-0.2, 0) is 20.1 Å². The molecular formula is C18H18BrN5OS. The minimum absolute atomic E-state index is 0.0529. The molecule has 0 bridgehead atoms. The van der Waals surface area contributed by atoms with Crippen LogP contribution in [0.1, 0.15) is 17.6 Å². The molecule has 0 atom stereocenters. The van der Waals surface area contributed by atoms with Crippen LogP contribution < -0.4 is 5.56 Å². The lowest BCUT2D eigenvalue weighted by molar-refractivity contribution is 0.266. The van der Waals surface area contributed by atoms with Crippen molar-refractivity contribution in [1.82, 2.24) is 24.1 Å². The van der Waals surface area contributed by atoms with Gasteiger partial charge in [-0.15, -0.1) is 21.5 Å². The molecule has 0 amide bonds. The van der Waals surface area contributed by atoms with Gasteiger partial charge in [0.1, 0.15) is 0 Å². The first-order valence-corrected chi connectivity index (χ1v) is 9.97. The molecule has 8 heteroatoms. The molecule has 0 aliphatic carbocycles. The molecule has 0 radical (unpaired) electrons. The highest BCUT2D eigenvalue weighted by Crippen LogP contribution is 2.24. The highest BCUT2D eigenvalue weighted by molar-refractivity contribution is 9.11. The van der Waals surface area contributed by atoms with Crippen molar-refractivity contribution < 1.29 is 0 Å². The summed E-state index contributed by atoms with van der Waals surface area (Å²) in [5.41, 5.74) is 0.795. The molecule has 0 saturated carbocycles. The molecule has 3 heterocycles. The van der Waals surface area contributed by atoms with Gasteiger partial charge in [0.25, 0.3) is 5.56 Å². The predicted octanol–water partition coefficient (Wildman–Crippen LogP) is 3.43. The van der Waals surface area contributed by atoms with Gasteiger partial charge in [0.05, 0.1) is 21.2 Å². The van der Waals surface area contributed by atoms with E-state index in [1.54, 1.807) is 23.0 Å². The summed E-state index contributed by atoms with van der Waals surface area (Å²) in [6, 6.07) is 11.8. The number of aryl methyl sites for hydroxylation is 1. The zero-order chi connectivity index (χ0) is 18.3. The van der Waals surface area contributed by atoms with E-state index in [1.165, 1.54) is 4.88 Å². The average Bonchev–Trinajstić information content (AvgIpc) is 3.25. The lowest BCUT2D eigenvalue weighted by atomic mass is 10.2. The maximum Gasteiger partial charge on any atom is 0.262 e. The number of nitrogens with zero attached hydrogens (tertiary/aromatic N) is 5. The number of hydrogen-bond acceptors (Lipinski definition) is 5. The summed E-state index contributed by atoms with van der Waals surface area (Å²) < 4.78 is 4.69. The van der Waals surface area contributed by atoms with Crippen LogP contribution >= 0.6 is 27.3 Å². The number of halogens is 1. The SMILES string of the molecule is CCN(Cc1ccc(Br)s1)Cc1nnc2n(C)c(=O)c3ccccc3n12. The van der Waals surface area contributed by atoms with Crippen molar-refractivity contribution in [3.05, 3.63) is 61.2 Å². The van der Waals surface area contributed by atoms with E-state index in [9.17, 15) is 4.79 Å². The van der Waals surface area contributed by atoms with E-state index in [0.29, 0.717) is 17.7 Å². The van der Waals surface area contributed by atoms with Crippen LogP contribution in [0.4, 0.5) is 0 Å². The zero-order valence-electron chi connectivity index (χ0n) is 14.5. The molecule has 6 nitrogen and oxygen atoms in total. The summed E-state index contributed by atoms with van der Waals surface area (Å²) >= 11 is 5.26. The van der Waals surface area contributed by atoms with Crippen molar-refractivity contribution in [3.63, 3.8) is 0 Å². The Kier molecular flexibility index (Phi) is 4.64. The number of rotatable bonds is 5. The summed E-state index contributed by atoms with van der Waals surface area (Å²) in [6.07, 6.45) is 0. The van der Waals surface area contributed by atoms with E-state index in [1.807, 2.05) is 28.7 Å². The molecule has 0 unspecified atom stereocenters. The van der Waals surface area contributed by atoms with Crippen molar-refractivity contribution in [2.75, 3.05) is 6.54 Å². The first-order valence-electron chi connectivity index (χ1n) is 8.36. The third-order valence-electron chi connectivity index (χ3n) is 4.51. The summed E-state index contributed by atoms with van der Waals surface area (Å²) in [5, 5.41) is 9.33. The smallest absolute Gasteiger partial charge is 0.262 e. The summed E-state index contributed by atoms with van der Waals surface area (Å²) in [7, 11) is 1.74. The highest BCUT2D eigenvalue weighted by atomic mass is 79.9. The van der Waals surface area contributed by atoms with Crippen molar-refractivity contribution in [2.45, 2.75) is 20.0 Å². The van der Waals surface area contributed by atoms with Crippen molar-refractivity contribution in [3.8, 4) is 0 Å². The molecule has 26 heavy (non-hydrogen) atoms. The van der Waals surface area contributed by atoms with Crippen LogP contribution in [0.2, 0.25) is 0 Å². The minimum atomic E-state index is -0.0529. The van der Waals surface area contributed by atoms with Gasteiger partial charge in [-0.05, 0) is 46.7 Å². The minimum Gasteiger partial charge on any atom is -0.291 e. The Balaban J connectivity index is 1.78. The Hall–Kier alpha value is -2.03. The third kappa shape index (κ3) is 2.98. The quantitative estimate of drug-likeness (QED) is 0.485. The number of hydrogen-bond donors (Lipinski definition) is 0. The molecule has 1 aromatic carbocycles. The molecular weight excluding hydrogens is 414 g/mol. The monoisotopic (exact) mass is 431 g/mol. The number of thiophene rings is 1. The summed E-state index contributed by atoms with van der Waals surface area (Å²) in [5.74, 6) is 1.41. The van der Waals surface area contributed by atoms with Gasteiger partial charge in [0.15, 0.2) is 5.82 Å². The lowest BCUT2D eigenvalue weighted by Crippen LogP contribution is -2.24. The predicted molar refractivity (Wildman–Crippen MR) is 108 cm³/mol. The highest BCUT2D eigenvalue weighted by Gasteiger charge is 2.16. The molecule has 134 valence electrons. The number of aromatic nitrogens is 4. The van der Waals surface area contributed by atoms with Gasteiger partial charge in [-0.25, -0.2) is 0 Å². The van der Waals surface area contributed by atoms with E-state index in [-0.39, 0.29) is 5.56 Å². The second-order valence-electron chi connectivity index (χ2n) is 6.14. The summed E-state index contributed by atoms with van der Waals surface area (Å²) in [6.45, 7) is 4.55. The summed E-state index contributed by atoms with van der Waals surface area (Å²) in [4.78, 5) is 16.2. The van der Waals surface area contributed by atoms with E-state index in [4.69, 9.17) is 0 Å². The average molecular weight is 432 g/mol. The zero-order valence-corrected chi connectivity index (χ0v) is 16.9. The first-order chi connectivity index (χ1) is 12.6. The van der Waals surface area contributed by atoms with E-state index < -0.39 is 0 Å². The fourth-order valence-electron chi connectivity index (χ4n) is 3.13. The number of benzene rings is 1. The van der Waals surface area contributed by atoms with Crippen LogP contribution in [0.3, 0.4) is 0 Å². The van der Waals surface area contributed by atoms with Crippen LogP contribution in [0.15, 0.2) is 45.0 Å². The normalized spacial score (nSPS) is 11.8. The van der Waals surface area contributed by atoms with Crippen molar-refractivity contribution in [2.24, 2.45) is 7.05 Å². The topological polar surface area (TPSA) is 55.4 Å². The fraction of sp³-hybridized carbons (Fsp3) is 0.278. The number of fused-ring (bicyclic) bond motifs is 3. The third-order valence-corrected chi connectivity index (χ3v) is 6.12. The lowest BCUT2D eigenvalue weighted by Gasteiger charge is -2.18.